The quantitative estimate of drug-likeness (QED) is 0.579. The second-order valence-electron chi connectivity index (χ2n) is 6.52. The highest BCUT2D eigenvalue weighted by Gasteiger charge is 2.17. The van der Waals surface area contributed by atoms with E-state index in [0.717, 1.165) is 49.1 Å². The predicted octanol–water partition coefficient (Wildman–Crippen LogP) is 2.26. The smallest absolute Gasteiger partial charge is 0.244 e. The summed E-state index contributed by atoms with van der Waals surface area (Å²) in [6.45, 7) is 7.32. The molecule has 0 radical (unpaired) electrons. The molecule has 2 rings (SSSR count). The zero-order valence-electron chi connectivity index (χ0n) is 16.3. The van der Waals surface area contributed by atoms with Crippen molar-refractivity contribution in [1.29, 1.82) is 0 Å². The summed E-state index contributed by atoms with van der Waals surface area (Å²) < 4.78 is 5.32. The van der Waals surface area contributed by atoms with Crippen molar-refractivity contribution in [2.75, 3.05) is 40.3 Å². The van der Waals surface area contributed by atoms with E-state index in [4.69, 9.17) is 4.74 Å². The minimum atomic E-state index is 0.00289. The highest BCUT2D eigenvalue weighted by atomic mass is 32.1. The Balaban J connectivity index is 1.95. The van der Waals surface area contributed by atoms with Gasteiger partial charge in [0.2, 0.25) is 5.91 Å². The Morgan fingerprint density at radius 3 is 2.85 bits per heavy atom. The van der Waals surface area contributed by atoms with Crippen LogP contribution in [-0.4, -0.2) is 67.0 Å². The molecule has 0 saturated carbocycles. The van der Waals surface area contributed by atoms with Gasteiger partial charge in [0.1, 0.15) is 17.7 Å². The number of nitrogens with one attached hydrogen (secondary N) is 1. The summed E-state index contributed by atoms with van der Waals surface area (Å²) in [6, 6.07) is 0. The zero-order valence-corrected chi connectivity index (χ0v) is 17.1. The van der Waals surface area contributed by atoms with Crippen molar-refractivity contribution in [2.45, 2.75) is 45.8 Å². The van der Waals surface area contributed by atoms with Crippen molar-refractivity contribution in [3.8, 4) is 0 Å². The molecule has 1 saturated heterocycles. The van der Waals surface area contributed by atoms with E-state index in [2.05, 4.69) is 15.3 Å². The number of hydrogen-bond acceptors (Lipinski definition) is 5. The van der Waals surface area contributed by atoms with Crippen LogP contribution in [0.5, 0.6) is 0 Å². The first-order valence-corrected chi connectivity index (χ1v) is 10.2. The van der Waals surface area contributed by atoms with Gasteiger partial charge in [0.15, 0.2) is 5.96 Å². The summed E-state index contributed by atoms with van der Waals surface area (Å²) in [5.74, 6) is 0.838. The number of amides is 1. The Labute approximate surface area is 160 Å². The molecule has 8 heteroatoms. The second-order valence-corrected chi connectivity index (χ2v) is 7.41. The van der Waals surface area contributed by atoms with Gasteiger partial charge in [0.25, 0.3) is 0 Å². The van der Waals surface area contributed by atoms with Crippen molar-refractivity contribution in [2.24, 2.45) is 4.99 Å². The average Bonchev–Trinajstić information content (AvgIpc) is 3.13. The maximum absolute atomic E-state index is 12.3. The molecule has 0 aliphatic carbocycles. The van der Waals surface area contributed by atoms with E-state index < -0.39 is 0 Å². The molecule has 26 heavy (non-hydrogen) atoms. The molecule has 146 valence electrons. The monoisotopic (exact) mass is 381 g/mol. The van der Waals surface area contributed by atoms with Crippen LogP contribution in [0.25, 0.3) is 0 Å². The molecule has 1 fully saturated rings. The standard InChI is InChI=1S/C18H31N5O2S/c1-5-19-18(20-11-16(24)23-9-7-6-8-10-23)22(3)12-15-13-26-17(21-15)14(2)25-4/h13-14H,5-12H2,1-4H3,(H,19,20). The number of guanidine groups is 1. The van der Waals surface area contributed by atoms with Crippen LogP contribution in [0.4, 0.5) is 0 Å². The van der Waals surface area contributed by atoms with Crippen LogP contribution >= 0.6 is 11.3 Å². The van der Waals surface area contributed by atoms with E-state index in [9.17, 15) is 4.79 Å². The molecule has 1 atom stereocenters. The number of piperidine rings is 1. The maximum atomic E-state index is 12.3. The van der Waals surface area contributed by atoms with Gasteiger partial charge in [0, 0.05) is 39.2 Å². The number of hydrogen-bond donors (Lipinski definition) is 1. The lowest BCUT2D eigenvalue weighted by Crippen LogP contribution is -2.41. The van der Waals surface area contributed by atoms with Gasteiger partial charge in [-0.1, -0.05) is 0 Å². The van der Waals surface area contributed by atoms with Crippen molar-refractivity contribution >= 4 is 23.2 Å². The minimum absolute atomic E-state index is 0.00289. The van der Waals surface area contributed by atoms with Gasteiger partial charge < -0.3 is 19.9 Å². The van der Waals surface area contributed by atoms with Crippen LogP contribution in [0.3, 0.4) is 0 Å². The first-order valence-electron chi connectivity index (χ1n) is 9.29. The number of thiazole rings is 1. The lowest BCUT2D eigenvalue weighted by Gasteiger charge is -2.26. The highest BCUT2D eigenvalue weighted by Crippen LogP contribution is 2.20. The van der Waals surface area contributed by atoms with Crippen LogP contribution in [-0.2, 0) is 16.1 Å². The molecule has 1 aromatic heterocycles. The molecule has 0 aromatic carbocycles. The minimum Gasteiger partial charge on any atom is -0.375 e. The highest BCUT2D eigenvalue weighted by molar-refractivity contribution is 7.09. The molecular formula is C18H31N5O2S. The largest absolute Gasteiger partial charge is 0.375 e. The normalized spacial score (nSPS) is 16.5. The molecule has 7 nitrogen and oxygen atoms in total. The van der Waals surface area contributed by atoms with Crippen LogP contribution in [0.2, 0.25) is 0 Å². The first-order chi connectivity index (χ1) is 12.5. The van der Waals surface area contributed by atoms with Crippen molar-refractivity contribution < 1.29 is 9.53 Å². The number of rotatable bonds is 7. The summed E-state index contributed by atoms with van der Waals surface area (Å²) in [6.07, 6.45) is 3.42. The topological polar surface area (TPSA) is 70.1 Å². The van der Waals surface area contributed by atoms with Crippen molar-refractivity contribution in [1.82, 2.24) is 20.1 Å². The van der Waals surface area contributed by atoms with E-state index in [-0.39, 0.29) is 18.6 Å². The number of carbonyl (C=O) groups is 1. The summed E-state index contributed by atoms with van der Waals surface area (Å²) in [5.41, 5.74) is 0.976. The number of ether oxygens (including phenoxy) is 1. The number of nitrogens with zero attached hydrogens (tertiary/aromatic N) is 4. The van der Waals surface area contributed by atoms with E-state index in [0.29, 0.717) is 6.54 Å². The molecule has 1 aliphatic rings. The Kier molecular flexibility index (Phi) is 8.31. The van der Waals surface area contributed by atoms with Gasteiger partial charge >= 0.3 is 0 Å². The van der Waals surface area contributed by atoms with E-state index in [1.54, 1.807) is 18.4 Å². The molecule has 1 aromatic rings. The van der Waals surface area contributed by atoms with Crippen LogP contribution in [0.1, 0.15) is 49.9 Å². The number of aliphatic imine (C=N–C) groups is 1. The Morgan fingerprint density at radius 2 is 2.19 bits per heavy atom. The van der Waals surface area contributed by atoms with Crippen LogP contribution in [0, 0.1) is 0 Å². The van der Waals surface area contributed by atoms with E-state index >= 15 is 0 Å². The van der Waals surface area contributed by atoms with E-state index in [1.807, 2.05) is 36.1 Å². The summed E-state index contributed by atoms with van der Waals surface area (Å²) in [7, 11) is 3.65. The summed E-state index contributed by atoms with van der Waals surface area (Å²) in [5, 5.41) is 6.27. The van der Waals surface area contributed by atoms with Crippen molar-refractivity contribution in [3.63, 3.8) is 0 Å². The van der Waals surface area contributed by atoms with Gasteiger partial charge in [-0.05, 0) is 33.1 Å². The fourth-order valence-electron chi connectivity index (χ4n) is 2.86. The molecule has 2 heterocycles. The van der Waals surface area contributed by atoms with Gasteiger partial charge in [-0.3, -0.25) is 4.79 Å². The molecule has 1 amide bonds. The zero-order chi connectivity index (χ0) is 18.9. The number of aromatic nitrogens is 1. The van der Waals surface area contributed by atoms with Gasteiger partial charge in [-0.2, -0.15) is 0 Å². The maximum Gasteiger partial charge on any atom is 0.244 e. The fourth-order valence-corrected chi connectivity index (χ4v) is 3.70. The van der Waals surface area contributed by atoms with Crippen LogP contribution < -0.4 is 5.32 Å². The fraction of sp³-hybridized carbons (Fsp3) is 0.722. The third kappa shape index (κ3) is 5.95. The van der Waals surface area contributed by atoms with E-state index in [1.165, 1.54) is 6.42 Å². The molecule has 0 bridgehead atoms. The lowest BCUT2D eigenvalue weighted by molar-refractivity contribution is -0.130. The molecule has 1 N–H and O–H groups in total. The van der Waals surface area contributed by atoms with Gasteiger partial charge in [-0.25, -0.2) is 9.98 Å². The number of carbonyl (C=O) groups excluding carboxylic acids is 1. The second kappa shape index (κ2) is 10.5. The Bertz CT molecular complexity index is 598. The SMILES string of the molecule is CCNC(=NCC(=O)N1CCCCC1)N(C)Cc1csc(C(C)OC)n1. The first kappa shape index (κ1) is 20.6. The predicted molar refractivity (Wildman–Crippen MR) is 105 cm³/mol. The third-order valence-electron chi connectivity index (χ3n) is 4.44. The summed E-state index contributed by atoms with van der Waals surface area (Å²) >= 11 is 1.60. The van der Waals surface area contributed by atoms with Gasteiger partial charge in [-0.15, -0.1) is 11.3 Å². The molecule has 1 unspecified atom stereocenters. The average molecular weight is 382 g/mol. The molecular weight excluding hydrogens is 350 g/mol. The number of methoxy groups -OCH3 is 1. The Morgan fingerprint density at radius 1 is 1.46 bits per heavy atom. The number of likely N-dealkylation sites (tertiary alicyclic amines) is 1. The summed E-state index contributed by atoms with van der Waals surface area (Å²) in [4.78, 5) is 25.4. The molecule has 0 spiro atoms. The third-order valence-corrected chi connectivity index (χ3v) is 5.49. The van der Waals surface area contributed by atoms with Crippen LogP contribution in [0.15, 0.2) is 10.4 Å². The Hall–Kier alpha value is -1.67. The molecule has 1 aliphatic heterocycles. The van der Waals surface area contributed by atoms with Gasteiger partial charge in [0.05, 0.1) is 12.2 Å². The lowest BCUT2D eigenvalue weighted by atomic mass is 10.1. The van der Waals surface area contributed by atoms with Crippen molar-refractivity contribution in [3.05, 3.63) is 16.1 Å².